The SMILES string of the molecule is C=N/C=C(\C=C(/C)NC(=O)C(C)C)c1ccc2[nH]nc(-c3cc4c(-c5cccc(F)c5)cncc4[nH]3)c2c1. The summed E-state index contributed by atoms with van der Waals surface area (Å²) in [5.74, 6) is -0.476. The molecule has 0 aliphatic heterocycles. The summed E-state index contributed by atoms with van der Waals surface area (Å²) in [7, 11) is 0. The highest BCUT2D eigenvalue weighted by Gasteiger charge is 2.15. The number of H-pyrrole nitrogens is 2. The van der Waals surface area contributed by atoms with Crippen molar-refractivity contribution in [2.24, 2.45) is 10.9 Å². The molecule has 3 heterocycles. The first-order chi connectivity index (χ1) is 18.3. The Morgan fingerprint density at radius 1 is 1.11 bits per heavy atom. The highest BCUT2D eigenvalue weighted by Crippen LogP contribution is 2.34. The maximum Gasteiger partial charge on any atom is 0.226 e. The third-order valence-electron chi connectivity index (χ3n) is 6.28. The van der Waals surface area contributed by atoms with Crippen molar-refractivity contribution >= 4 is 40.0 Å². The maximum absolute atomic E-state index is 13.9. The van der Waals surface area contributed by atoms with E-state index in [1.807, 2.05) is 57.2 Å². The molecule has 2 aromatic carbocycles. The molecule has 0 atom stereocenters. The van der Waals surface area contributed by atoms with E-state index in [0.29, 0.717) is 5.70 Å². The van der Waals surface area contributed by atoms with E-state index in [-0.39, 0.29) is 17.6 Å². The molecule has 3 N–H and O–H groups in total. The van der Waals surface area contributed by atoms with E-state index in [1.165, 1.54) is 12.1 Å². The molecule has 8 heteroatoms. The summed E-state index contributed by atoms with van der Waals surface area (Å²) in [5.41, 5.74) is 7.21. The van der Waals surface area contributed by atoms with Gasteiger partial charge < -0.3 is 10.3 Å². The van der Waals surface area contributed by atoms with Gasteiger partial charge in [0.25, 0.3) is 0 Å². The zero-order valence-electron chi connectivity index (χ0n) is 21.3. The average molecular weight is 507 g/mol. The molecule has 0 saturated carbocycles. The van der Waals surface area contributed by atoms with Crippen LogP contribution in [0.15, 0.2) is 83.9 Å². The fourth-order valence-electron chi connectivity index (χ4n) is 4.37. The number of hydrogen-bond donors (Lipinski definition) is 3. The largest absolute Gasteiger partial charge is 0.352 e. The predicted octanol–water partition coefficient (Wildman–Crippen LogP) is 6.63. The Balaban J connectivity index is 1.57. The van der Waals surface area contributed by atoms with E-state index >= 15 is 0 Å². The van der Waals surface area contributed by atoms with Gasteiger partial charge in [0.15, 0.2) is 0 Å². The Morgan fingerprint density at radius 3 is 2.71 bits per heavy atom. The summed E-state index contributed by atoms with van der Waals surface area (Å²) < 4.78 is 13.9. The fraction of sp³-hybridized carbons (Fsp3) is 0.133. The van der Waals surface area contributed by atoms with E-state index < -0.39 is 0 Å². The van der Waals surface area contributed by atoms with E-state index in [4.69, 9.17) is 0 Å². The molecular weight excluding hydrogens is 479 g/mol. The van der Waals surface area contributed by atoms with Crippen LogP contribution in [-0.2, 0) is 4.79 Å². The second kappa shape index (κ2) is 10.3. The Morgan fingerprint density at radius 2 is 1.95 bits per heavy atom. The van der Waals surface area contributed by atoms with Gasteiger partial charge >= 0.3 is 0 Å². The number of allylic oxidation sites excluding steroid dienone is 3. The van der Waals surface area contributed by atoms with Gasteiger partial charge in [0.1, 0.15) is 11.5 Å². The minimum absolute atomic E-state index is 0.0526. The molecule has 0 aliphatic rings. The topological polar surface area (TPSA) is 98.8 Å². The average Bonchev–Trinajstić information content (AvgIpc) is 3.51. The van der Waals surface area contributed by atoms with Crippen molar-refractivity contribution < 1.29 is 9.18 Å². The van der Waals surface area contributed by atoms with Crippen LogP contribution in [0.2, 0.25) is 0 Å². The number of aromatic nitrogens is 4. The van der Waals surface area contributed by atoms with Gasteiger partial charge in [-0.3, -0.25) is 19.9 Å². The summed E-state index contributed by atoms with van der Waals surface area (Å²) in [5, 5.41) is 12.4. The van der Waals surface area contributed by atoms with Crippen LogP contribution in [0.4, 0.5) is 4.39 Å². The number of halogens is 1. The monoisotopic (exact) mass is 506 g/mol. The van der Waals surface area contributed by atoms with Gasteiger partial charge in [-0.15, -0.1) is 0 Å². The van der Waals surface area contributed by atoms with Crippen LogP contribution < -0.4 is 5.32 Å². The molecule has 0 saturated heterocycles. The molecule has 0 fully saturated rings. The Kier molecular flexibility index (Phi) is 6.70. The highest BCUT2D eigenvalue weighted by atomic mass is 19.1. The molecule has 0 aliphatic carbocycles. The summed E-state index contributed by atoms with van der Waals surface area (Å²) >= 11 is 0. The normalized spacial score (nSPS) is 12.4. The van der Waals surface area contributed by atoms with Crippen molar-refractivity contribution in [1.29, 1.82) is 0 Å². The van der Waals surface area contributed by atoms with Gasteiger partial charge in [-0.2, -0.15) is 5.10 Å². The summed E-state index contributed by atoms with van der Waals surface area (Å²) in [6, 6.07) is 14.4. The van der Waals surface area contributed by atoms with Crippen LogP contribution in [0.1, 0.15) is 26.3 Å². The lowest BCUT2D eigenvalue weighted by Gasteiger charge is -2.09. The Hall–Kier alpha value is -4.85. The summed E-state index contributed by atoms with van der Waals surface area (Å²) in [4.78, 5) is 23.9. The quantitative estimate of drug-likeness (QED) is 0.171. The predicted molar refractivity (Wildman–Crippen MR) is 151 cm³/mol. The van der Waals surface area contributed by atoms with Crippen LogP contribution in [-0.4, -0.2) is 32.8 Å². The van der Waals surface area contributed by atoms with E-state index in [2.05, 4.69) is 37.2 Å². The Bertz CT molecular complexity index is 1740. The second-order valence-corrected chi connectivity index (χ2v) is 9.41. The molecule has 0 spiro atoms. The third-order valence-corrected chi connectivity index (χ3v) is 6.28. The van der Waals surface area contributed by atoms with Gasteiger partial charge in [0.05, 0.1) is 22.9 Å². The van der Waals surface area contributed by atoms with Crippen molar-refractivity contribution in [2.75, 3.05) is 0 Å². The molecule has 7 nitrogen and oxygen atoms in total. The second-order valence-electron chi connectivity index (χ2n) is 9.41. The van der Waals surface area contributed by atoms with Crippen LogP contribution in [0, 0.1) is 11.7 Å². The molecule has 190 valence electrons. The lowest BCUT2D eigenvalue weighted by molar-refractivity contribution is -0.123. The number of hydrogen-bond acceptors (Lipinski definition) is 4. The van der Waals surface area contributed by atoms with Crippen molar-refractivity contribution in [3.05, 3.63) is 90.3 Å². The molecule has 3 aromatic heterocycles. The van der Waals surface area contributed by atoms with Gasteiger partial charge in [0.2, 0.25) is 5.91 Å². The number of aromatic amines is 2. The van der Waals surface area contributed by atoms with Gasteiger partial charge in [-0.25, -0.2) is 4.39 Å². The zero-order chi connectivity index (χ0) is 26.8. The summed E-state index contributed by atoms with van der Waals surface area (Å²) in [6.45, 7) is 9.14. The first-order valence-electron chi connectivity index (χ1n) is 12.2. The zero-order valence-corrected chi connectivity index (χ0v) is 21.3. The van der Waals surface area contributed by atoms with Gasteiger partial charge in [-0.1, -0.05) is 32.0 Å². The minimum Gasteiger partial charge on any atom is -0.352 e. The van der Waals surface area contributed by atoms with E-state index in [0.717, 1.165) is 55.5 Å². The van der Waals surface area contributed by atoms with Crippen molar-refractivity contribution in [3.8, 4) is 22.5 Å². The molecule has 0 unspecified atom stereocenters. The number of fused-ring (bicyclic) bond motifs is 2. The number of nitrogens with zero attached hydrogens (tertiary/aromatic N) is 3. The number of aliphatic imine (C=N–C) groups is 1. The van der Waals surface area contributed by atoms with E-state index in [9.17, 15) is 9.18 Å². The van der Waals surface area contributed by atoms with Crippen LogP contribution in [0.5, 0.6) is 0 Å². The summed E-state index contributed by atoms with van der Waals surface area (Å²) in [6.07, 6.45) is 7.01. The van der Waals surface area contributed by atoms with Gasteiger partial charge in [0, 0.05) is 45.9 Å². The van der Waals surface area contributed by atoms with Crippen molar-refractivity contribution in [2.45, 2.75) is 20.8 Å². The molecule has 5 rings (SSSR count). The molecular formula is C30H27FN6O. The maximum atomic E-state index is 13.9. The van der Waals surface area contributed by atoms with Gasteiger partial charge in [-0.05, 0) is 61.2 Å². The molecule has 38 heavy (non-hydrogen) atoms. The third kappa shape index (κ3) is 4.88. The standard InChI is InChI=1S/C30H27FN6O/c1-17(2)30(38)34-18(3)10-21(14-32-4)19-8-9-26-24(12-19)29(37-36-26)27-13-23-25(15-33-16-28(23)35-27)20-6-5-7-22(31)11-20/h5-17,35H,4H2,1-3H3,(H,34,38)(H,36,37)/b18-10+,21-14+. The van der Waals surface area contributed by atoms with Crippen LogP contribution >= 0.6 is 0 Å². The molecule has 5 aromatic rings. The molecule has 1 amide bonds. The number of nitrogens with one attached hydrogen (secondary N) is 3. The van der Waals surface area contributed by atoms with Crippen molar-refractivity contribution in [3.63, 3.8) is 0 Å². The smallest absolute Gasteiger partial charge is 0.226 e. The van der Waals surface area contributed by atoms with Crippen LogP contribution in [0.25, 0.3) is 49.9 Å². The van der Waals surface area contributed by atoms with Crippen molar-refractivity contribution in [1.82, 2.24) is 25.5 Å². The highest BCUT2D eigenvalue weighted by molar-refractivity contribution is 6.01. The number of benzene rings is 2. The molecule has 0 bridgehead atoms. The molecule has 0 radical (unpaired) electrons. The van der Waals surface area contributed by atoms with E-state index in [1.54, 1.807) is 24.7 Å². The first-order valence-corrected chi connectivity index (χ1v) is 12.2. The number of amides is 1. The Labute approximate surface area is 219 Å². The number of rotatable bonds is 7. The number of carbonyl (C=O) groups excluding carboxylic acids is 1. The lowest BCUT2D eigenvalue weighted by Crippen LogP contribution is -2.25. The fourth-order valence-corrected chi connectivity index (χ4v) is 4.37. The van der Waals surface area contributed by atoms with Crippen LogP contribution in [0.3, 0.4) is 0 Å². The number of pyridine rings is 1. The minimum atomic E-state index is -0.299. The lowest BCUT2D eigenvalue weighted by atomic mass is 10.0. The first kappa shape index (κ1) is 24.8. The number of carbonyl (C=O) groups is 1.